The van der Waals surface area contributed by atoms with E-state index in [1.54, 1.807) is 24.3 Å². The zero-order chi connectivity index (χ0) is 24.9. The number of rotatable bonds is 8. The Kier molecular flexibility index (Phi) is 8.33. The quantitative estimate of drug-likeness (QED) is 0.590. The Morgan fingerprint density at radius 1 is 1.03 bits per heavy atom. The number of nitrogens with zero attached hydrogens (tertiary/aromatic N) is 1. The van der Waals surface area contributed by atoms with Crippen LogP contribution in [0.25, 0.3) is 0 Å². The minimum atomic E-state index is -3.85. The van der Waals surface area contributed by atoms with Gasteiger partial charge in [0.25, 0.3) is 11.8 Å². The van der Waals surface area contributed by atoms with Gasteiger partial charge in [0, 0.05) is 36.4 Å². The Hall–Kier alpha value is -2.91. The van der Waals surface area contributed by atoms with Gasteiger partial charge in [0.15, 0.2) is 0 Å². The molecule has 2 atom stereocenters. The summed E-state index contributed by atoms with van der Waals surface area (Å²) in [5, 5.41) is 5.55. The van der Waals surface area contributed by atoms with Gasteiger partial charge in [-0.15, -0.1) is 0 Å². The first-order valence-corrected chi connectivity index (χ1v) is 13.0. The Morgan fingerprint density at radius 2 is 1.71 bits per heavy atom. The summed E-state index contributed by atoms with van der Waals surface area (Å²) in [7, 11) is -2.44. The van der Waals surface area contributed by atoms with E-state index < -0.39 is 15.9 Å². The summed E-state index contributed by atoms with van der Waals surface area (Å²) >= 11 is 0. The van der Waals surface area contributed by atoms with Gasteiger partial charge in [-0.05, 0) is 61.1 Å². The van der Waals surface area contributed by atoms with Crippen molar-refractivity contribution in [1.29, 1.82) is 0 Å². The highest BCUT2D eigenvalue weighted by molar-refractivity contribution is 7.89. The third-order valence-electron chi connectivity index (χ3n) is 5.80. The second-order valence-corrected chi connectivity index (χ2v) is 10.8. The van der Waals surface area contributed by atoms with Crippen molar-refractivity contribution in [3.8, 4) is 5.75 Å². The van der Waals surface area contributed by atoms with Crippen LogP contribution in [0, 0.1) is 11.8 Å². The van der Waals surface area contributed by atoms with Crippen LogP contribution in [0.2, 0.25) is 0 Å². The number of sulfonamides is 1. The molecule has 0 spiro atoms. The Labute approximate surface area is 201 Å². The first kappa shape index (κ1) is 25.7. The molecule has 1 heterocycles. The van der Waals surface area contributed by atoms with Crippen LogP contribution in [-0.4, -0.2) is 51.3 Å². The minimum Gasteiger partial charge on any atom is -0.495 e. The largest absolute Gasteiger partial charge is 0.495 e. The summed E-state index contributed by atoms with van der Waals surface area (Å²) in [5.74, 6) is -0.0148. The molecule has 34 heavy (non-hydrogen) atoms. The Morgan fingerprint density at radius 3 is 2.35 bits per heavy atom. The summed E-state index contributed by atoms with van der Waals surface area (Å²) in [6, 6.07) is 11.0. The van der Waals surface area contributed by atoms with E-state index in [1.807, 2.05) is 20.8 Å². The van der Waals surface area contributed by atoms with E-state index in [0.29, 0.717) is 30.9 Å². The van der Waals surface area contributed by atoms with E-state index in [4.69, 9.17) is 4.74 Å². The van der Waals surface area contributed by atoms with Crippen molar-refractivity contribution in [3.05, 3.63) is 53.6 Å². The molecule has 0 bridgehead atoms. The SMILES string of the molecule is CCCNC(=O)c1cccc(NC(=O)c2ccc(OC)c(S(=O)(=O)N3CC(C)CC(C)C3)c2)c1. The standard InChI is InChI=1S/C25H33N3O5S/c1-5-11-26-24(29)19-7-6-8-21(13-19)27-25(30)20-9-10-22(33-4)23(14-20)34(31,32)28-15-17(2)12-18(3)16-28/h6-10,13-14,17-18H,5,11-12,15-16H2,1-4H3,(H,26,29)(H,27,30). The molecule has 2 amide bonds. The van der Waals surface area contributed by atoms with Gasteiger partial charge in [-0.3, -0.25) is 9.59 Å². The predicted molar refractivity (Wildman–Crippen MR) is 132 cm³/mol. The van der Waals surface area contributed by atoms with Crippen molar-refractivity contribution < 1.29 is 22.7 Å². The Bertz CT molecular complexity index is 1140. The fraction of sp³-hybridized carbons (Fsp3) is 0.440. The molecule has 3 rings (SSSR count). The normalized spacial score (nSPS) is 18.8. The fourth-order valence-electron chi connectivity index (χ4n) is 4.24. The molecule has 0 saturated carbocycles. The lowest BCUT2D eigenvalue weighted by molar-refractivity contribution is 0.0952. The number of benzene rings is 2. The molecule has 2 aromatic rings. The number of anilines is 1. The molecule has 0 aromatic heterocycles. The van der Waals surface area contributed by atoms with Crippen LogP contribution in [0.5, 0.6) is 5.75 Å². The molecule has 2 N–H and O–H groups in total. The number of hydrogen-bond donors (Lipinski definition) is 2. The smallest absolute Gasteiger partial charge is 0.255 e. The second kappa shape index (κ2) is 11.0. The number of amides is 2. The molecular formula is C25H33N3O5S. The van der Waals surface area contributed by atoms with E-state index in [0.717, 1.165) is 12.8 Å². The van der Waals surface area contributed by atoms with Crippen molar-refractivity contribution in [2.24, 2.45) is 11.8 Å². The number of ether oxygens (including phenoxy) is 1. The van der Waals surface area contributed by atoms with Gasteiger partial charge in [0.1, 0.15) is 10.6 Å². The van der Waals surface area contributed by atoms with E-state index in [1.165, 1.54) is 29.6 Å². The van der Waals surface area contributed by atoms with Gasteiger partial charge in [0.05, 0.1) is 7.11 Å². The molecule has 9 heteroatoms. The van der Waals surface area contributed by atoms with Crippen LogP contribution in [-0.2, 0) is 10.0 Å². The molecule has 0 aliphatic carbocycles. The van der Waals surface area contributed by atoms with Crippen molar-refractivity contribution in [2.45, 2.75) is 38.5 Å². The van der Waals surface area contributed by atoms with Gasteiger partial charge in [0.2, 0.25) is 10.0 Å². The van der Waals surface area contributed by atoms with Crippen LogP contribution < -0.4 is 15.4 Å². The van der Waals surface area contributed by atoms with E-state index in [-0.39, 0.29) is 34.0 Å². The molecule has 8 nitrogen and oxygen atoms in total. The molecule has 184 valence electrons. The van der Waals surface area contributed by atoms with Crippen molar-refractivity contribution in [2.75, 3.05) is 32.1 Å². The van der Waals surface area contributed by atoms with Gasteiger partial charge in [-0.25, -0.2) is 8.42 Å². The maximum absolute atomic E-state index is 13.5. The third kappa shape index (κ3) is 5.95. The zero-order valence-electron chi connectivity index (χ0n) is 20.1. The molecule has 1 aliphatic heterocycles. The third-order valence-corrected chi connectivity index (χ3v) is 7.65. The van der Waals surface area contributed by atoms with E-state index >= 15 is 0 Å². The lowest BCUT2D eigenvalue weighted by atomic mass is 9.94. The van der Waals surface area contributed by atoms with E-state index in [9.17, 15) is 18.0 Å². The predicted octanol–water partition coefficient (Wildman–Crippen LogP) is 3.75. The molecular weight excluding hydrogens is 454 g/mol. The Balaban J connectivity index is 1.86. The van der Waals surface area contributed by atoms with Crippen molar-refractivity contribution in [3.63, 3.8) is 0 Å². The summed E-state index contributed by atoms with van der Waals surface area (Å²) in [6.45, 7) is 7.46. The van der Waals surface area contributed by atoms with E-state index in [2.05, 4.69) is 10.6 Å². The zero-order valence-corrected chi connectivity index (χ0v) is 20.9. The highest BCUT2D eigenvalue weighted by Gasteiger charge is 2.34. The van der Waals surface area contributed by atoms with Gasteiger partial charge < -0.3 is 15.4 Å². The summed E-state index contributed by atoms with van der Waals surface area (Å²) < 4.78 is 33.7. The fourth-order valence-corrected chi connectivity index (χ4v) is 6.10. The number of nitrogens with one attached hydrogen (secondary N) is 2. The minimum absolute atomic E-state index is 0.0309. The van der Waals surface area contributed by atoms with Crippen LogP contribution in [0.3, 0.4) is 0 Å². The number of methoxy groups -OCH3 is 1. The monoisotopic (exact) mass is 487 g/mol. The first-order valence-electron chi connectivity index (χ1n) is 11.5. The summed E-state index contributed by atoms with van der Waals surface area (Å²) in [6.07, 6.45) is 1.79. The number of carbonyl (C=O) groups excluding carboxylic acids is 2. The van der Waals surface area contributed by atoms with Crippen LogP contribution in [0.4, 0.5) is 5.69 Å². The maximum Gasteiger partial charge on any atom is 0.255 e. The topological polar surface area (TPSA) is 105 Å². The molecule has 1 saturated heterocycles. The first-order chi connectivity index (χ1) is 16.1. The van der Waals surface area contributed by atoms with Gasteiger partial charge in [-0.2, -0.15) is 4.31 Å². The molecule has 1 aliphatic rings. The van der Waals surface area contributed by atoms with Crippen LogP contribution >= 0.6 is 0 Å². The molecule has 0 radical (unpaired) electrons. The van der Waals surface area contributed by atoms with Gasteiger partial charge >= 0.3 is 0 Å². The lowest BCUT2D eigenvalue weighted by Crippen LogP contribution is -2.42. The van der Waals surface area contributed by atoms with Crippen molar-refractivity contribution >= 4 is 27.5 Å². The molecule has 1 fully saturated rings. The van der Waals surface area contributed by atoms with Crippen LogP contribution in [0.15, 0.2) is 47.4 Å². The van der Waals surface area contributed by atoms with Gasteiger partial charge in [-0.1, -0.05) is 26.8 Å². The summed E-state index contributed by atoms with van der Waals surface area (Å²) in [5.41, 5.74) is 1.05. The van der Waals surface area contributed by atoms with Crippen LogP contribution in [0.1, 0.15) is 54.3 Å². The molecule has 2 aromatic carbocycles. The number of hydrogen-bond acceptors (Lipinski definition) is 5. The van der Waals surface area contributed by atoms with Crippen molar-refractivity contribution in [1.82, 2.24) is 9.62 Å². The average Bonchev–Trinajstić information content (AvgIpc) is 2.81. The number of piperidine rings is 1. The molecule has 2 unspecified atom stereocenters. The second-order valence-electron chi connectivity index (χ2n) is 8.92. The summed E-state index contributed by atoms with van der Waals surface area (Å²) in [4.78, 5) is 25.2. The highest BCUT2D eigenvalue weighted by atomic mass is 32.2. The number of carbonyl (C=O) groups is 2. The average molecular weight is 488 g/mol. The lowest BCUT2D eigenvalue weighted by Gasteiger charge is -2.34. The highest BCUT2D eigenvalue weighted by Crippen LogP contribution is 2.32. The maximum atomic E-state index is 13.5.